The zero-order valence-corrected chi connectivity index (χ0v) is 10.4. The molecule has 17 heavy (non-hydrogen) atoms. The minimum Gasteiger partial charge on any atom is -0.377 e. The molecule has 0 saturated carbocycles. The molecule has 5 heteroatoms. The predicted octanol–water partition coefficient (Wildman–Crippen LogP) is 2.97. The van der Waals surface area contributed by atoms with Gasteiger partial charge in [-0.2, -0.15) is 13.2 Å². The first-order valence-electron chi connectivity index (χ1n) is 5.21. The molecule has 0 amide bonds. The second-order valence-corrected chi connectivity index (χ2v) is 4.85. The number of benzene rings is 1. The van der Waals surface area contributed by atoms with Crippen LogP contribution in [0.15, 0.2) is 18.2 Å². The van der Waals surface area contributed by atoms with Crippen LogP contribution in [0, 0.1) is 0 Å². The molecule has 0 atom stereocenters. The van der Waals surface area contributed by atoms with Crippen molar-refractivity contribution >= 4 is 5.69 Å². The van der Waals surface area contributed by atoms with Gasteiger partial charge in [0.05, 0.1) is 5.56 Å². The van der Waals surface area contributed by atoms with Gasteiger partial charge in [0.2, 0.25) is 0 Å². The summed E-state index contributed by atoms with van der Waals surface area (Å²) in [5.41, 5.74) is 5.61. The summed E-state index contributed by atoms with van der Waals surface area (Å²) in [7, 11) is 3.55. The van der Waals surface area contributed by atoms with Crippen molar-refractivity contribution in [2.24, 2.45) is 5.73 Å². The molecule has 0 aliphatic rings. The van der Waals surface area contributed by atoms with Crippen LogP contribution in [0.3, 0.4) is 0 Å². The molecular weight excluding hydrogens is 229 g/mol. The molecule has 0 bridgehead atoms. The van der Waals surface area contributed by atoms with E-state index in [9.17, 15) is 13.2 Å². The summed E-state index contributed by atoms with van der Waals surface area (Å²) in [6.07, 6.45) is -4.34. The minimum atomic E-state index is -4.34. The van der Waals surface area contributed by atoms with E-state index in [-0.39, 0.29) is 0 Å². The first kappa shape index (κ1) is 13.8. The van der Waals surface area contributed by atoms with Crippen LogP contribution in [0.5, 0.6) is 0 Å². The zero-order chi connectivity index (χ0) is 13.4. The fourth-order valence-electron chi connectivity index (χ4n) is 1.62. The number of alkyl halides is 3. The molecule has 0 fully saturated rings. The zero-order valence-electron chi connectivity index (χ0n) is 10.4. The molecule has 1 rings (SSSR count). The van der Waals surface area contributed by atoms with Crippen LogP contribution < -0.4 is 10.6 Å². The average Bonchev–Trinajstić information content (AvgIpc) is 2.14. The van der Waals surface area contributed by atoms with Gasteiger partial charge in [0.1, 0.15) is 0 Å². The van der Waals surface area contributed by atoms with Crippen molar-refractivity contribution in [1.82, 2.24) is 0 Å². The van der Waals surface area contributed by atoms with Gasteiger partial charge in [0, 0.05) is 25.3 Å². The SMILES string of the molecule is CN(C)c1ccc(C(F)(F)F)cc1C(C)(C)N. The highest BCUT2D eigenvalue weighted by molar-refractivity contribution is 5.57. The Morgan fingerprint density at radius 2 is 1.65 bits per heavy atom. The molecular formula is C12H17F3N2. The van der Waals surface area contributed by atoms with Gasteiger partial charge in [0.25, 0.3) is 0 Å². The Hall–Kier alpha value is -1.23. The van der Waals surface area contributed by atoms with Gasteiger partial charge in [0.15, 0.2) is 0 Å². The third-order valence-corrected chi connectivity index (χ3v) is 2.50. The summed E-state index contributed by atoms with van der Waals surface area (Å²) in [6, 6.07) is 3.65. The van der Waals surface area contributed by atoms with E-state index in [2.05, 4.69) is 0 Å². The molecule has 0 spiro atoms. The van der Waals surface area contributed by atoms with Crippen molar-refractivity contribution < 1.29 is 13.2 Å². The maximum Gasteiger partial charge on any atom is 0.416 e. The maximum absolute atomic E-state index is 12.6. The lowest BCUT2D eigenvalue weighted by Crippen LogP contribution is -2.31. The highest BCUT2D eigenvalue weighted by atomic mass is 19.4. The highest BCUT2D eigenvalue weighted by Gasteiger charge is 2.32. The van der Waals surface area contributed by atoms with Crippen LogP contribution in [0.4, 0.5) is 18.9 Å². The smallest absolute Gasteiger partial charge is 0.377 e. The van der Waals surface area contributed by atoms with Gasteiger partial charge in [-0.3, -0.25) is 0 Å². The van der Waals surface area contributed by atoms with E-state index in [0.29, 0.717) is 11.3 Å². The monoisotopic (exact) mass is 246 g/mol. The normalized spacial score (nSPS) is 12.7. The van der Waals surface area contributed by atoms with E-state index >= 15 is 0 Å². The molecule has 0 radical (unpaired) electrons. The van der Waals surface area contributed by atoms with Gasteiger partial charge in [-0.05, 0) is 37.6 Å². The van der Waals surface area contributed by atoms with Crippen molar-refractivity contribution in [3.63, 3.8) is 0 Å². The molecule has 2 N–H and O–H groups in total. The Kier molecular flexibility index (Phi) is 3.43. The first-order chi connectivity index (χ1) is 7.53. The summed E-state index contributed by atoms with van der Waals surface area (Å²) in [6.45, 7) is 3.38. The van der Waals surface area contributed by atoms with Crippen molar-refractivity contribution in [3.05, 3.63) is 29.3 Å². The maximum atomic E-state index is 12.6. The third kappa shape index (κ3) is 3.12. The molecule has 0 unspecified atom stereocenters. The fourth-order valence-corrected chi connectivity index (χ4v) is 1.62. The van der Waals surface area contributed by atoms with Crippen molar-refractivity contribution in [2.75, 3.05) is 19.0 Å². The largest absolute Gasteiger partial charge is 0.416 e. The number of nitrogens with zero attached hydrogens (tertiary/aromatic N) is 1. The Morgan fingerprint density at radius 3 is 2.00 bits per heavy atom. The summed E-state index contributed by atoms with van der Waals surface area (Å²) < 4.78 is 37.9. The van der Waals surface area contributed by atoms with Gasteiger partial charge in [-0.15, -0.1) is 0 Å². The van der Waals surface area contributed by atoms with E-state index in [0.717, 1.165) is 12.1 Å². The van der Waals surface area contributed by atoms with E-state index in [1.807, 2.05) is 0 Å². The predicted molar refractivity (Wildman–Crippen MR) is 63.0 cm³/mol. The molecule has 0 aliphatic carbocycles. The third-order valence-electron chi connectivity index (χ3n) is 2.50. The molecule has 1 aromatic carbocycles. The van der Waals surface area contributed by atoms with E-state index in [4.69, 9.17) is 5.73 Å². The number of rotatable bonds is 2. The van der Waals surface area contributed by atoms with Crippen molar-refractivity contribution in [1.29, 1.82) is 0 Å². The van der Waals surface area contributed by atoms with Gasteiger partial charge >= 0.3 is 6.18 Å². The molecule has 0 aliphatic heterocycles. The van der Waals surface area contributed by atoms with Crippen LogP contribution in [-0.4, -0.2) is 14.1 Å². The van der Waals surface area contributed by atoms with Gasteiger partial charge in [-0.1, -0.05) is 0 Å². The summed E-state index contributed by atoms with van der Waals surface area (Å²) >= 11 is 0. The van der Waals surface area contributed by atoms with Crippen LogP contribution in [0.2, 0.25) is 0 Å². The van der Waals surface area contributed by atoms with Crippen LogP contribution in [-0.2, 0) is 11.7 Å². The Balaban J connectivity index is 3.41. The number of hydrogen-bond donors (Lipinski definition) is 1. The standard InChI is InChI=1S/C12H17F3N2/c1-11(2,16)9-7-8(12(13,14)15)5-6-10(9)17(3)4/h5-7H,16H2,1-4H3. The lowest BCUT2D eigenvalue weighted by atomic mass is 9.91. The molecule has 96 valence electrons. The second kappa shape index (κ2) is 4.22. The number of halogens is 3. The van der Waals surface area contributed by atoms with Crippen molar-refractivity contribution in [2.45, 2.75) is 25.6 Å². The number of anilines is 1. The van der Waals surface area contributed by atoms with Crippen LogP contribution in [0.1, 0.15) is 25.0 Å². The quantitative estimate of drug-likeness (QED) is 0.869. The van der Waals surface area contributed by atoms with Crippen LogP contribution >= 0.6 is 0 Å². The number of hydrogen-bond acceptors (Lipinski definition) is 2. The fraction of sp³-hybridized carbons (Fsp3) is 0.500. The molecule has 0 aromatic heterocycles. The summed E-state index contributed by atoms with van der Waals surface area (Å²) in [5, 5.41) is 0. The lowest BCUT2D eigenvalue weighted by molar-refractivity contribution is -0.137. The molecule has 1 aromatic rings. The highest BCUT2D eigenvalue weighted by Crippen LogP contribution is 2.35. The average molecular weight is 246 g/mol. The molecule has 0 saturated heterocycles. The molecule has 0 heterocycles. The Bertz CT molecular complexity index is 403. The van der Waals surface area contributed by atoms with Gasteiger partial charge in [-0.25, -0.2) is 0 Å². The van der Waals surface area contributed by atoms with Crippen LogP contribution in [0.25, 0.3) is 0 Å². The Labute approximate surface area is 99.2 Å². The van der Waals surface area contributed by atoms with E-state index in [1.54, 1.807) is 32.8 Å². The first-order valence-corrected chi connectivity index (χ1v) is 5.21. The van der Waals surface area contributed by atoms with Gasteiger partial charge < -0.3 is 10.6 Å². The summed E-state index contributed by atoms with van der Waals surface area (Å²) in [4.78, 5) is 1.75. The lowest BCUT2D eigenvalue weighted by Gasteiger charge is -2.27. The summed E-state index contributed by atoms with van der Waals surface area (Å²) in [5.74, 6) is 0. The van der Waals surface area contributed by atoms with E-state index < -0.39 is 17.3 Å². The second-order valence-electron chi connectivity index (χ2n) is 4.85. The number of nitrogens with two attached hydrogens (primary N) is 1. The van der Waals surface area contributed by atoms with Crippen molar-refractivity contribution in [3.8, 4) is 0 Å². The Morgan fingerprint density at radius 1 is 1.12 bits per heavy atom. The molecule has 2 nitrogen and oxygen atoms in total. The minimum absolute atomic E-state index is 0.484. The van der Waals surface area contributed by atoms with E-state index in [1.165, 1.54) is 6.07 Å². The topological polar surface area (TPSA) is 29.3 Å².